The normalized spacial score (nSPS) is 14.7. The number of nitrogens with one attached hydrogen (secondary N) is 1. The van der Waals surface area contributed by atoms with E-state index in [2.05, 4.69) is 20.1 Å². The summed E-state index contributed by atoms with van der Waals surface area (Å²) in [5, 5.41) is 5.38. The van der Waals surface area contributed by atoms with Gasteiger partial charge < -0.3 is 10.1 Å². The van der Waals surface area contributed by atoms with E-state index in [0.29, 0.717) is 10.6 Å². The maximum absolute atomic E-state index is 12.8. The quantitative estimate of drug-likeness (QED) is 0.512. The van der Waals surface area contributed by atoms with E-state index < -0.39 is 5.97 Å². The van der Waals surface area contributed by atoms with Crippen LogP contribution in [0.15, 0.2) is 60.1 Å². The minimum atomic E-state index is -0.420. The maximum Gasteiger partial charge on any atom is 0.341 e. The van der Waals surface area contributed by atoms with Crippen LogP contribution in [-0.2, 0) is 16.1 Å². The zero-order chi connectivity index (χ0) is 23.0. The summed E-state index contributed by atoms with van der Waals surface area (Å²) in [4.78, 5) is 34.4. The van der Waals surface area contributed by atoms with E-state index in [0.717, 1.165) is 49.5 Å². The average Bonchev–Trinajstić information content (AvgIpc) is 3.25. The number of piperazine rings is 1. The number of aromatic nitrogens is 1. The molecule has 0 radical (unpaired) electrons. The summed E-state index contributed by atoms with van der Waals surface area (Å²) >= 11 is 1.35. The van der Waals surface area contributed by atoms with Crippen LogP contribution in [0.1, 0.15) is 23.0 Å². The molecule has 1 aliphatic heterocycles. The standard InChI is InChI=1S/C25H28N4O3S/c1-2-32-25(31)23-21(19-8-4-3-5-9-19)18-33-24(23)27-22(30)17-29-14-12-28(13-15-29)16-20-10-6-7-11-26-20/h3-11,18H,2,12-17H2,1H3,(H,27,30). The summed E-state index contributed by atoms with van der Waals surface area (Å²) in [6.07, 6.45) is 1.81. The Morgan fingerprint density at radius 2 is 1.76 bits per heavy atom. The molecule has 1 fully saturated rings. The first-order valence-electron chi connectivity index (χ1n) is 11.1. The van der Waals surface area contributed by atoms with E-state index in [-0.39, 0.29) is 19.1 Å². The summed E-state index contributed by atoms with van der Waals surface area (Å²) in [6, 6.07) is 15.6. The molecular weight excluding hydrogens is 436 g/mol. The van der Waals surface area contributed by atoms with Gasteiger partial charge >= 0.3 is 5.97 Å². The number of carbonyl (C=O) groups excluding carboxylic acids is 2. The van der Waals surface area contributed by atoms with Crippen molar-refractivity contribution in [3.8, 4) is 11.1 Å². The van der Waals surface area contributed by atoms with Crippen LogP contribution in [0.4, 0.5) is 5.00 Å². The Hall–Kier alpha value is -3.07. The predicted octanol–water partition coefficient (Wildman–Crippen LogP) is 3.74. The molecule has 1 aromatic carbocycles. The van der Waals surface area contributed by atoms with Gasteiger partial charge in [0.05, 0.1) is 18.8 Å². The van der Waals surface area contributed by atoms with Gasteiger partial charge in [0, 0.05) is 49.9 Å². The predicted molar refractivity (Wildman–Crippen MR) is 130 cm³/mol. The van der Waals surface area contributed by atoms with Crippen molar-refractivity contribution in [2.45, 2.75) is 13.5 Å². The van der Waals surface area contributed by atoms with Crippen LogP contribution in [0.5, 0.6) is 0 Å². The molecule has 8 heteroatoms. The van der Waals surface area contributed by atoms with Crippen LogP contribution in [0, 0.1) is 0 Å². The van der Waals surface area contributed by atoms with Gasteiger partial charge in [0.25, 0.3) is 0 Å². The van der Waals surface area contributed by atoms with Gasteiger partial charge in [-0.15, -0.1) is 11.3 Å². The monoisotopic (exact) mass is 464 g/mol. The van der Waals surface area contributed by atoms with Gasteiger partial charge in [-0.2, -0.15) is 0 Å². The highest BCUT2D eigenvalue weighted by Gasteiger charge is 2.24. The second-order valence-electron chi connectivity index (χ2n) is 7.86. The van der Waals surface area contributed by atoms with Crippen molar-refractivity contribution in [3.63, 3.8) is 0 Å². The van der Waals surface area contributed by atoms with E-state index in [1.165, 1.54) is 11.3 Å². The molecule has 0 bridgehead atoms. The van der Waals surface area contributed by atoms with Crippen molar-refractivity contribution < 1.29 is 14.3 Å². The van der Waals surface area contributed by atoms with E-state index in [4.69, 9.17) is 4.74 Å². The van der Waals surface area contributed by atoms with Crippen LogP contribution < -0.4 is 5.32 Å². The van der Waals surface area contributed by atoms with Crippen molar-refractivity contribution in [1.29, 1.82) is 0 Å². The Labute approximate surface area is 198 Å². The Balaban J connectivity index is 1.37. The number of hydrogen-bond donors (Lipinski definition) is 1. The lowest BCUT2D eigenvalue weighted by Crippen LogP contribution is -2.48. The Kier molecular flexibility index (Phi) is 7.83. The van der Waals surface area contributed by atoms with Gasteiger partial charge in [-0.3, -0.25) is 19.6 Å². The van der Waals surface area contributed by atoms with Crippen molar-refractivity contribution in [1.82, 2.24) is 14.8 Å². The lowest BCUT2D eigenvalue weighted by molar-refractivity contribution is -0.117. The SMILES string of the molecule is CCOC(=O)c1c(-c2ccccc2)csc1NC(=O)CN1CCN(Cc2ccccn2)CC1. The topological polar surface area (TPSA) is 74.8 Å². The molecule has 0 spiro atoms. The fourth-order valence-electron chi connectivity index (χ4n) is 3.88. The lowest BCUT2D eigenvalue weighted by atomic mass is 10.0. The van der Waals surface area contributed by atoms with Gasteiger partial charge in [-0.05, 0) is 24.6 Å². The first-order valence-corrected chi connectivity index (χ1v) is 12.0. The molecule has 0 atom stereocenters. The van der Waals surface area contributed by atoms with Gasteiger partial charge in [0.1, 0.15) is 10.6 Å². The van der Waals surface area contributed by atoms with Crippen molar-refractivity contribution in [3.05, 3.63) is 71.4 Å². The maximum atomic E-state index is 12.8. The minimum Gasteiger partial charge on any atom is -0.462 e. The van der Waals surface area contributed by atoms with Crippen molar-refractivity contribution in [2.24, 2.45) is 0 Å². The van der Waals surface area contributed by atoms with Gasteiger partial charge in [-0.1, -0.05) is 36.4 Å². The molecule has 7 nitrogen and oxygen atoms in total. The summed E-state index contributed by atoms with van der Waals surface area (Å²) in [5.41, 5.74) is 3.17. The van der Waals surface area contributed by atoms with E-state index >= 15 is 0 Å². The number of nitrogens with zero attached hydrogens (tertiary/aromatic N) is 3. The fraction of sp³-hybridized carbons (Fsp3) is 0.320. The number of amides is 1. The highest BCUT2D eigenvalue weighted by Crippen LogP contribution is 2.36. The van der Waals surface area contributed by atoms with Crippen LogP contribution in [-0.4, -0.2) is 66.0 Å². The number of pyridine rings is 1. The number of thiophene rings is 1. The van der Waals surface area contributed by atoms with Crippen molar-refractivity contribution in [2.75, 3.05) is 44.6 Å². The second-order valence-corrected chi connectivity index (χ2v) is 8.74. The minimum absolute atomic E-state index is 0.125. The number of benzene rings is 1. The smallest absolute Gasteiger partial charge is 0.341 e. The summed E-state index contributed by atoms with van der Waals surface area (Å²) < 4.78 is 5.28. The first-order chi connectivity index (χ1) is 16.1. The Morgan fingerprint density at radius 1 is 1.03 bits per heavy atom. The summed E-state index contributed by atoms with van der Waals surface area (Å²) in [5.74, 6) is -0.545. The number of carbonyl (C=O) groups is 2. The van der Waals surface area contributed by atoms with Gasteiger partial charge in [-0.25, -0.2) is 4.79 Å². The largest absolute Gasteiger partial charge is 0.462 e. The number of rotatable bonds is 8. The number of ether oxygens (including phenoxy) is 1. The summed E-state index contributed by atoms with van der Waals surface area (Å²) in [6.45, 7) is 6.55. The molecule has 172 valence electrons. The summed E-state index contributed by atoms with van der Waals surface area (Å²) in [7, 11) is 0. The third-order valence-electron chi connectivity index (χ3n) is 5.55. The van der Waals surface area contributed by atoms with E-state index in [1.807, 2.05) is 60.1 Å². The van der Waals surface area contributed by atoms with Crippen LogP contribution >= 0.6 is 11.3 Å². The molecule has 3 aromatic rings. The third kappa shape index (κ3) is 6.04. The molecular formula is C25H28N4O3S. The Bertz CT molecular complexity index is 1060. The molecule has 4 rings (SSSR count). The zero-order valence-electron chi connectivity index (χ0n) is 18.7. The molecule has 1 saturated heterocycles. The highest BCUT2D eigenvalue weighted by atomic mass is 32.1. The molecule has 0 aliphatic carbocycles. The third-order valence-corrected chi connectivity index (χ3v) is 6.45. The molecule has 2 aromatic heterocycles. The number of hydrogen-bond acceptors (Lipinski definition) is 7. The Morgan fingerprint density at radius 3 is 2.45 bits per heavy atom. The number of esters is 1. The molecule has 1 amide bonds. The molecule has 3 heterocycles. The molecule has 33 heavy (non-hydrogen) atoms. The van der Waals surface area contributed by atoms with Crippen molar-refractivity contribution >= 4 is 28.2 Å². The van der Waals surface area contributed by atoms with Gasteiger partial charge in [0.2, 0.25) is 5.91 Å². The average molecular weight is 465 g/mol. The van der Waals surface area contributed by atoms with E-state index in [1.54, 1.807) is 6.92 Å². The van der Waals surface area contributed by atoms with Crippen LogP contribution in [0.3, 0.4) is 0 Å². The fourth-order valence-corrected chi connectivity index (χ4v) is 4.86. The molecule has 0 unspecified atom stereocenters. The zero-order valence-corrected chi connectivity index (χ0v) is 19.5. The molecule has 0 saturated carbocycles. The van der Waals surface area contributed by atoms with E-state index in [9.17, 15) is 9.59 Å². The lowest BCUT2D eigenvalue weighted by Gasteiger charge is -2.34. The number of anilines is 1. The van der Waals surface area contributed by atoms with Crippen LogP contribution in [0.25, 0.3) is 11.1 Å². The first kappa shape index (κ1) is 23.1. The molecule has 1 aliphatic rings. The van der Waals surface area contributed by atoms with Crippen LogP contribution in [0.2, 0.25) is 0 Å². The highest BCUT2D eigenvalue weighted by molar-refractivity contribution is 7.15. The van der Waals surface area contributed by atoms with Gasteiger partial charge in [0.15, 0.2) is 0 Å². The molecule has 1 N–H and O–H groups in total. The second kappa shape index (κ2) is 11.2.